The topological polar surface area (TPSA) is 62.2 Å². The van der Waals surface area contributed by atoms with Gasteiger partial charge < -0.3 is 10.4 Å². The van der Waals surface area contributed by atoms with Gasteiger partial charge in [0.2, 0.25) is 0 Å². The minimum atomic E-state index is -4.43. The van der Waals surface area contributed by atoms with Crippen molar-refractivity contribution in [1.29, 1.82) is 0 Å². The first kappa shape index (κ1) is 17.9. The summed E-state index contributed by atoms with van der Waals surface area (Å²) in [6.07, 6.45) is -3.67. The van der Waals surface area contributed by atoms with Crippen LogP contribution >= 0.6 is 0 Å². The first-order valence-electron chi connectivity index (χ1n) is 7.40. The molecule has 128 valence electrons. The number of aliphatic hydroxyl groups is 1. The maximum absolute atomic E-state index is 12.6. The number of amides is 1. The molecule has 4 nitrogen and oxygen atoms in total. The summed E-state index contributed by atoms with van der Waals surface area (Å²) >= 11 is 0. The molecule has 2 unspecified atom stereocenters. The number of nitrogens with zero attached hydrogens (tertiary/aromatic N) is 1. The maximum atomic E-state index is 12.6. The van der Waals surface area contributed by atoms with Crippen LogP contribution in [0.25, 0.3) is 0 Å². The van der Waals surface area contributed by atoms with E-state index in [0.717, 1.165) is 12.1 Å². The third-order valence-electron chi connectivity index (χ3n) is 3.61. The van der Waals surface area contributed by atoms with E-state index in [9.17, 15) is 23.1 Å². The number of pyridine rings is 1. The van der Waals surface area contributed by atoms with E-state index in [0.29, 0.717) is 12.0 Å². The largest absolute Gasteiger partial charge is 0.416 e. The van der Waals surface area contributed by atoms with Crippen molar-refractivity contribution in [2.45, 2.75) is 31.7 Å². The predicted octanol–water partition coefficient (Wildman–Crippen LogP) is 3.34. The fourth-order valence-electron chi connectivity index (χ4n) is 2.25. The van der Waals surface area contributed by atoms with Gasteiger partial charge in [-0.05, 0) is 36.2 Å². The number of hydrogen-bond donors (Lipinski definition) is 2. The van der Waals surface area contributed by atoms with Crippen molar-refractivity contribution >= 4 is 5.91 Å². The lowest BCUT2D eigenvalue weighted by Crippen LogP contribution is -2.39. The van der Waals surface area contributed by atoms with Crippen molar-refractivity contribution in [1.82, 2.24) is 10.3 Å². The van der Waals surface area contributed by atoms with Crippen LogP contribution in [0.15, 0.2) is 48.7 Å². The van der Waals surface area contributed by atoms with Gasteiger partial charge in [0.1, 0.15) is 5.69 Å². The zero-order chi connectivity index (χ0) is 17.7. The molecule has 2 aromatic rings. The minimum Gasteiger partial charge on any atom is -0.386 e. The average molecular weight is 338 g/mol. The van der Waals surface area contributed by atoms with E-state index >= 15 is 0 Å². The van der Waals surface area contributed by atoms with Gasteiger partial charge in [0.15, 0.2) is 0 Å². The number of carbonyl (C=O) groups excluding carboxylic acids is 1. The van der Waals surface area contributed by atoms with Gasteiger partial charge in [0, 0.05) is 6.20 Å². The van der Waals surface area contributed by atoms with Gasteiger partial charge in [-0.1, -0.05) is 25.1 Å². The van der Waals surface area contributed by atoms with E-state index in [1.807, 2.05) is 0 Å². The highest BCUT2D eigenvalue weighted by Crippen LogP contribution is 2.30. The van der Waals surface area contributed by atoms with Crippen molar-refractivity contribution in [3.05, 3.63) is 65.5 Å². The molecular weight excluding hydrogens is 321 g/mol. The second-order valence-electron chi connectivity index (χ2n) is 5.27. The second kappa shape index (κ2) is 7.44. The molecule has 7 heteroatoms. The Balaban J connectivity index is 2.11. The van der Waals surface area contributed by atoms with Gasteiger partial charge in [-0.25, -0.2) is 0 Å². The zero-order valence-electron chi connectivity index (χ0n) is 12.9. The fraction of sp³-hybridized carbons (Fsp3) is 0.294. The smallest absolute Gasteiger partial charge is 0.386 e. The van der Waals surface area contributed by atoms with Gasteiger partial charge in [-0.2, -0.15) is 13.2 Å². The Bertz CT molecular complexity index is 672. The van der Waals surface area contributed by atoms with Crippen molar-refractivity contribution < 1.29 is 23.1 Å². The summed E-state index contributed by atoms with van der Waals surface area (Å²) in [4.78, 5) is 16.0. The Morgan fingerprint density at radius 2 is 1.88 bits per heavy atom. The van der Waals surface area contributed by atoms with Crippen LogP contribution in [0.3, 0.4) is 0 Å². The molecule has 0 aliphatic carbocycles. The lowest BCUT2D eigenvalue weighted by molar-refractivity contribution is -0.137. The predicted molar refractivity (Wildman–Crippen MR) is 82.2 cm³/mol. The lowest BCUT2D eigenvalue weighted by atomic mass is 9.99. The van der Waals surface area contributed by atoms with Crippen molar-refractivity contribution in [3.8, 4) is 0 Å². The number of hydrogen-bond acceptors (Lipinski definition) is 3. The molecule has 1 amide bonds. The number of aliphatic hydroxyl groups excluding tert-OH is 1. The van der Waals surface area contributed by atoms with Gasteiger partial charge in [-0.3, -0.25) is 9.78 Å². The van der Waals surface area contributed by atoms with Crippen LogP contribution in [0.4, 0.5) is 13.2 Å². The van der Waals surface area contributed by atoms with Crippen LogP contribution in [0.1, 0.15) is 41.1 Å². The third-order valence-corrected chi connectivity index (χ3v) is 3.61. The molecule has 2 N–H and O–H groups in total. The lowest BCUT2D eigenvalue weighted by Gasteiger charge is -2.23. The van der Waals surface area contributed by atoms with E-state index in [2.05, 4.69) is 10.3 Å². The summed E-state index contributed by atoms with van der Waals surface area (Å²) in [5, 5.41) is 13.0. The standard InChI is InChI=1S/C17H17F3N2O2/c1-2-13(22-16(24)14-5-3-4-10-21-14)15(23)11-6-8-12(9-7-11)17(18,19)20/h3-10,13,15,23H,2H2,1H3,(H,22,24). The molecule has 0 radical (unpaired) electrons. The summed E-state index contributed by atoms with van der Waals surface area (Å²) < 4.78 is 37.7. The molecule has 1 aromatic heterocycles. The Morgan fingerprint density at radius 1 is 1.21 bits per heavy atom. The Morgan fingerprint density at radius 3 is 2.38 bits per heavy atom. The molecule has 2 rings (SSSR count). The normalized spacial score (nSPS) is 14.0. The number of carbonyl (C=O) groups is 1. The van der Waals surface area contributed by atoms with Crippen molar-refractivity contribution in [3.63, 3.8) is 0 Å². The van der Waals surface area contributed by atoms with Gasteiger partial charge >= 0.3 is 6.18 Å². The van der Waals surface area contributed by atoms with Crippen LogP contribution < -0.4 is 5.32 Å². The molecule has 0 spiro atoms. The van der Waals surface area contributed by atoms with E-state index < -0.39 is 29.8 Å². The summed E-state index contributed by atoms with van der Waals surface area (Å²) in [5.41, 5.74) is -0.282. The summed E-state index contributed by atoms with van der Waals surface area (Å²) in [6.45, 7) is 1.76. The highest BCUT2D eigenvalue weighted by atomic mass is 19.4. The monoisotopic (exact) mass is 338 g/mol. The molecular formula is C17H17F3N2O2. The third kappa shape index (κ3) is 4.32. The van der Waals surface area contributed by atoms with E-state index in [4.69, 9.17) is 0 Å². The second-order valence-corrected chi connectivity index (χ2v) is 5.27. The SMILES string of the molecule is CCC(NC(=O)c1ccccn1)C(O)c1ccc(C(F)(F)F)cc1. The molecule has 0 fully saturated rings. The molecule has 0 bridgehead atoms. The quantitative estimate of drug-likeness (QED) is 0.879. The van der Waals surface area contributed by atoms with Crippen LogP contribution in [0, 0.1) is 0 Å². The number of rotatable bonds is 5. The number of halogens is 3. The average Bonchev–Trinajstić information content (AvgIpc) is 2.59. The molecule has 2 atom stereocenters. The fourth-order valence-corrected chi connectivity index (χ4v) is 2.25. The number of nitrogens with one attached hydrogen (secondary N) is 1. The molecule has 1 heterocycles. The number of alkyl halides is 3. The van der Waals surface area contributed by atoms with Gasteiger partial charge in [0.05, 0.1) is 17.7 Å². The first-order valence-corrected chi connectivity index (χ1v) is 7.40. The van der Waals surface area contributed by atoms with Crippen LogP contribution in [0.5, 0.6) is 0 Å². The summed E-state index contributed by atoms with van der Waals surface area (Å²) in [5.74, 6) is -0.451. The van der Waals surface area contributed by atoms with Gasteiger partial charge in [-0.15, -0.1) is 0 Å². The molecule has 0 aliphatic rings. The van der Waals surface area contributed by atoms with Gasteiger partial charge in [0.25, 0.3) is 5.91 Å². The summed E-state index contributed by atoms with van der Waals surface area (Å²) in [6, 6.07) is 8.47. The van der Waals surface area contributed by atoms with E-state index in [1.165, 1.54) is 24.4 Å². The van der Waals surface area contributed by atoms with E-state index in [1.54, 1.807) is 19.1 Å². The Labute approximate surface area is 137 Å². The summed E-state index contributed by atoms with van der Waals surface area (Å²) in [7, 11) is 0. The molecule has 0 aliphatic heterocycles. The number of benzene rings is 1. The first-order chi connectivity index (χ1) is 11.3. The van der Waals surface area contributed by atoms with E-state index in [-0.39, 0.29) is 5.69 Å². The highest BCUT2D eigenvalue weighted by molar-refractivity contribution is 5.92. The van der Waals surface area contributed by atoms with Crippen LogP contribution in [-0.4, -0.2) is 22.0 Å². The molecule has 24 heavy (non-hydrogen) atoms. The maximum Gasteiger partial charge on any atom is 0.416 e. The highest BCUT2D eigenvalue weighted by Gasteiger charge is 2.30. The van der Waals surface area contributed by atoms with Crippen LogP contribution in [-0.2, 0) is 6.18 Å². The molecule has 0 saturated heterocycles. The Hall–Kier alpha value is -2.41. The zero-order valence-corrected chi connectivity index (χ0v) is 12.9. The Kier molecular flexibility index (Phi) is 5.56. The molecule has 0 saturated carbocycles. The minimum absolute atomic E-state index is 0.204. The molecule has 1 aromatic carbocycles. The number of aromatic nitrogens is 1. The van der Waals surface area contributed by atoms with Crippen LogP contribution in [0.2, 0.25) is 0 Å². The van der Waals surface area contributed by atoms with Crippen molar-refractivity contribution in [2.75, 3.05) is 0 Å². The van der Waals surface area contributed by atoms with Crippen molar-refractivity contribution in [2.24, 2.45) is 0 Å².